The average molecular weight is 415 g/mol. The second-order valence-electron chi connectivity index (χ2n) is 6.04. The Hall–Kier alpha value is -1.60. The fourth-order valence-corrected chi connectivity index (χ4v) is 3.92. The summed E-state index contributed by atoms with van der Waals surface area (Å²) in [7, 11) is -3.37. The van der Waals surface area contributed by atoms with Gasteiger partial charge in [-0.15, -0.1) is 12.4 Å². The Morgan fingerprint density at radius 2 is 1.92 bits per heavy atom. The molecule has 1 amide bonds. The molecular formula is C18H20Cl2N2O3S. The molecule has 3 rings (SSSR count). The van der Waals surface area contributed by atoms with Crippen molar-refractivity contribution in [2.75, 3.05) is 25.9 Å². The van der Waals surface area contributed by atoms with E-state index in [0.29, 0.717) is 30.2 Å². The Morgan fingerprint density at radius 1 is 1.19 bits per heavy atom. The Kier molecular flexibility index (Phi) is 6.69. The van der Waals surface area contributed by atoms with Crippen LogP contribution in [0.4, 0.5) is 0 Å². The van der Waals surface area contributed by atoms with Crippen molar-refractivity contribution in [3.8, 4) is 0 Å². The highest BCUT2D eigenvalue weighted by atomic mass is 35.5. The van der Waals surface area contributed by atoms with E-state index in [-0.39, 0.29) is 29.3 Å². The van der Waals surface area contributed by atoms with Crippen LogP contribution in [0.2, 0.25) is 5.02 Å². The number of benzene rings is 2. The van der Waals surface area contributed by atoms with Gasteiger partial charge in [0, 0.05) is 36.5 Å². The van der Waals surface area contributed by atoms with Crippen LogP contribution in [0, 0.1) is 0 Å². The Balaban J connectivity index is 0.00000243. The number of carbonyl (C=O) groups excluding carboxylic acids is 1. The summed E-state index contributed by atoms with van der Waals surface area (Å²) in [5.74, 6) is -0.197. The number of piperazine rings is 1. The summed E-state index contributed by atoms with van der Waals surface area (Å²) in [5, 5.41) is 3.89. The van der Waals surface area contributed by atoms with Gasteiger partial charge in [-0.25, -0.2) is 8.42 Å². The van der Waals surface area contributed by atoms with Gasteiger partial charge in [0.15, 0.2) is 9.84 Å². The molecule has 8 heteroatoms. The first-order valence-corrected chi connectivity index (χ1v) is 10.2. The minimum absolute atomic E-state index is 0. The predicted octanol–water partition coefficient (Wildman–Crippen LogP) is 2.95. The number of halogens is 2. The van der Waals surface area contributed by atoms with Crippen molar-refractivity contribution in [1.29, 1.82) is 0 Å². The van der Waals surface area contributed by atoms with Gasteiger partial charge in [-0.2, -0.15) is 0 Å². The minimum Gasteiger partial charge on any atom is -0.329 e. The molecular weight excluding hydrogens is 395 g/mol. The number of carbonyl (C=O) groups is 1. The van der Waals surface area contributed by atoms with E-state index < -0.39 is 9.84 Å². The molecule has 1 N–H and O–H groups in total. The fraction of sp³-hybridized carbons (Fsp3) is 0.278. The molecule has 1 heterocycles. The van der Waals surface area contributed by atoms with Gasteiger partial charge in [0.2, 0.25) is 0 Å². The molecule has 0 bridgehead atoms. The molecule has 26 heavy (non-hydrogen) atoms. The number of rotatable bonds is 3. The second kappa shape index (κ2) is 8.39. The summed E-state index contributed by atoms with van der Waals surface area (Å²) in [5.41, 5.74) is 1.24. The Morgan fingerprint density at radius 3 is 2.62 bits per heavy atom. The Labute approximate surface area is 164 Å². The van der Waals surface area contributed by atoms with Gasteiger partial charge in [-0.3, -0.25) is 4.79 Å². The van der Waals surface area contributed by atoms with Gasteiger partial charge in [0.1, 0.15) is 0 Å². The van der Waals surface area contributed by atoms with Crippen LogP contribution in [-0.2, 0) is 9.84 Å². The van der Waals surface area contributed by atoms with Crippen molar-refractivity contribution >= 4 is 39.8 Å². The lowest BCUT2D eigenvalue weighted by molar-refractivity contribution is 0.0634. The summed E-state index contributed by atoms with van der Waals surface area (Å²) in [6.07, 6.45) is 1.13. The van der Waals surface area contributed by atoms with E-state index in [1.165, 1.54) is 12.1 Å². The van der Waals surface area contributed by atoms with Crippen LogP contribution in [0.3, 0.4) is 0 Å². The molecule has 0 spiro atoms. The van der Waals surface area contributed by atoms with Gasteiger partial charge in [0.25, 0.3) is 5.91 Å². The molecule has 1 atom stereocenters. The molecule has 1 unspecified atom stereocenters. The van der Waals surface area contributed by atoms with Crippen molar-refractivity contribution in [2.24, 2.45) is 0 Å². The van der Waals surface area contributed by atoms with Gasteiger partial charge < -0.3 is 10.2 Å². The number of nitrogens with one attached hydrogen (secondary N) is 1. The van der Waals surface area contributed by atoms with E-state index >= 15 is 0 Å². The van der Waals surface area contributed by atoms with E-state index in [4.69, 9.17) is 11.6 Å². The zero-order valence-corrected chi connectivity index (χ0v) is 16.6. The zero-order valence-electron chi connectivity index (χ0n) is 14.2. The maximum atomic E-state index is 13.0. The lowest BCUT2D eigenvalue weighted by atomic mass is 10.0. The largest absolute Gasteiger partial charge is 0.329 e. The zero-order chi connectivity index (χ0) is 18.0. The molecule has 2 aromatic carbocycles. The second-order valence-corrected chi connectivity index (χ2v) is 8.46. The van der Waals surface area contributed by atoms with Crippen LogP contribution in [0.5, 0.6) is 0 Å². The number of sulfone groups is 1. The smallest absolute Gasteiger partial charge is 0.254 e. The topological polar surface area (TPSA) is 66.5 Å². The molecule has 5 nitrogen and oxygen atoms in total. The predicted molar refractivity (Wildman–Crippen MR) is 105 cm³/mol. The van der Waals surface area contributed by atoms with Crippen LogP contribution in [-0.4, -0.2) is 45.1 Å². The van der Waals surface area contributed by atoms with Crippen LogP contribution >= 0.6 is 24.0 Å². The van der Waals surface area contributed by atoms with E-state index in [1.54, 1.807) is 23.1 Å². The van der Waals surface area contributed by atoms with Crippen molar-refractivity contribution in [1.82, 2.24) is 10.2 Å². The fourth-order valence-electron chi connectivity index (χ4n) is 3.00. The Bertz CT molecular complexity index is 903. The van der Waals surface area contributed by atoms with Gasteiger partial charge in [-0.05, 0) is 29.8 Å². The van der Waals surface area contributed by atoms with Crippen LogP contribution in [0.1, 0.15) is 22.0 Å². The monoisotopic (exact) mass is 414 g/mol. The van der Waals surface area contributed by atoms with Crippen molar-refractivity contribution < 1.29 is 13.2 Å². The molecule has 0 radical (unpaired) electrons. The third kappa shape index (κ3) is 4.38. The molecule has 140 valence electrons. The van der Waals surface area contributed by atoms with Crippen LogP contribution in [0.15, 0.2) is 53.4 Å². The summed E-state index contributed by atoms with van der Waals surface area (Å²) >= 11 is 6.31. The first kappa shape index (κ1) is 20.7. The van der Waals surface area contributed by atoms with Crippen molar-refractivity contribution in [2.45, 2.75) is 10.9 Å². The normalized spacial score (nSPS) is 17.5. The van der Waals surface area contributed by atoms with Gasteiger partial charge in [-0.1, -0.05) is 35.9 Å². The maximum absolute atomic E-state index is 13.0. The molecule has 1 aliphatic rings. The lowest BCUT2D eigenvalue weighted by Crippen LogP contribution is -2.48. The van der Waals surface area contributed by atoms with E-state index in [9.17, 15) is 13.2 Å². The van der Waals surface area contributed by atoms with E-state index in [1.807, 2.05) is 18.2 Å². The summed E-state index contributed by atoms with van der Waals surface area (Å²) in [6.45, 7) is 1.80. The number of nitrogens with zero attached hydrogens (tertiary/aromatic N) is 1. The summed E-state index contributed by atoms with van der Waals surface area (Å²) in [6, 6.07) is 13.4. The van der Waals surface area contributed by atoms with E-state index in [2.05, 4.69) is 5.32 Å². The molecule has 1 saturated heterocycles. The van der Waals surface area contributed by atoms with Crippen LogP contribution in [0.25, 0.3) is 0 Å². The minimum atomic E-state index is -3.37. The number of hydrogen-bond acceptors (Lipinski definition) is 4. The van der Waals surface area contributed by atoms with Gasteiger partial charge in [0.05, 0.1) is 10.9 Å². The summed E-state index contributed by atoms with van der Waals surface area (Å²) in [4.78, 5) is 14.9. The SMILES string of the molecule is CS(=O)(=O)c1cccc(C(=O)N2CCNCC2c2ccccc2Cl)c1.Cl. The highest BCUT2D eigenvalue weighted by molar-refractivity contribution is 7.90. The number of hydrogen-bond donors (Lipinski definition) is 1. The first-order chi connectivity index (χ1) is 11.9. The highest BCUT2D eigenvalue weighted by Crippen LogP contribution is 2.29. The standard InChI is InChI=1S/C18H19ClN2O3S.ClH/c1-25(23,24)14-6-4-5-13(11-14)18(22)21-10-9-20-12-17(21)15-7-2-3-8-16(15)19;/h2-8,11,17,20H,9-10,12H2,1H3;1H. The third-order valence-electron chi connectivity index (χ3n) is 4.28. The summed E-state index contributed by atoms with van der Waals surface area (Å²) < 4.78 is 23.5. The molecule has 1 fully saturated rings. The van der Waals surface area contributed by atoms with E-state index in [0.717, 1.165) is 11.8 Å². The van der Waals surface area contributed by atoms with Crippen molar-refractivity contribution in [3.05, 3.63) is 64.7 Å². The molecule has 0 aliphatic carbocycles. The molecule has 1 aliphatic heterocycles. The lowest BCUT2D eigenvalue weighted by Gasteiger charge is -2.37. The molecule has 0 aromatic heterocycles. The quantitative estimate of drug-likeness (QED) is 0.837. The molecule has 0 saturated carbocycles. The third-order valence-corrected chi connectivity index (χ3v) is 5.73. The van der Waals surface area contributed by atoms with Gasteiger partial charge >= 0.3 is 0 Å². The average Bonchev–Trinajstić information content (AvgIpc) is 2.61. The maximum Gasteiger partial charge on any atom is 0.254 e. The molecule has 2 aromatic rings. The highest BCUT2D eigenvalue weighted by Gasteiger charge is 2.30. The van der Waals surface area contributed by atoms with Crippen molar-refractivity contribution in [3.63, 3.8) is 0 Å². The first-order valence-electron chi connectivity index (χ1n) is 7.94. The van der Waals surface area contributed by atoms with Crippen LogP contribution < -0.4 is 5.32 Å². The number of amides is 1.